The van der Waals surface area contributed by atoms with E-state index in [1.54, 1.807) is 12.1 Å². The summed E-state index contributed by atoms with van der Waals surface area (Å²) < 4.78 is 4.58. The lowest BCUT2D eigenvalue weighted by atomic mass is 10.2. The van der Waals surface area contributed by atoms with Gasteiger partial charge in [-0.3, -0.25) is 4.79 Å². The maximum atomic E-state index is 11.4. The van der Waals surface area contributed by atoms with Crippen LogP contribution in [0.25, 0.3) is 0 Å². The number of benzene rings is 1. The fraction of sp³-hybridized carbons (Fsp3) is 0.200. The van der Waals surface area contributed by atoms with Gasteiger partial charge in [0.25, 0.3) is 0 Å². The molecule has 1 rings (SSSR count). The average Bonchev–Trinajstić information content (AvgIpc) is 2.26. The predicted octanol–water partition coefficient (Wildman–Crippen LogP) is 2.30. The highest BCUT2D eigenvalue weighted by Gasteiger charge is 2.13. The van der Waals surface area contributed by atoms with Gasteiger partial charge in [-0.1, -0.05) is 11.6 Å². The lowest BCUT2D eigenvalue weighted by Crippen LogP contribution is -2.05. The van der Waals surface area contributed by atoms with E-state index in [2.05, 4.69) is 4.74 Å². The second-order valence-electron chi connectivity index (χ2n) is 2.81. The van der Waals surface area contributed by atoms with Crippen molar-refractivity contribution in [3.8, 4) is 0 Å². The number of carboxylic acids is 1. The lowest BCUT2D eigenvalue weighted by molar-refractivity contribution is -0.133. The average molecular weight is 261 g/mol. The monoisotopic (exact) mass is 260 g/mol. The maximum Gasteiger partial charge on any atom is 0.339 e. The third-order valence-corrected chi connectivity index (χ3v) is 2.99. The van der Waals surface area contributed by atoms with Crippen LogP contribution < -0.4 is 0 Å². The molecule has 1 aromatic carbocycles. The molecule has 0 heterocycles. The quantitative estimate of drug-likeness (QED) is 0.665. The van der Waals surface area contributed by atoms with E-state index in [-0.39, 0.29) is 11.3 Å². The summed E-state index contributed by atoms with van der Waals surface area (Å²) in [6.45, 7) is 0. The highest BCUT2D eigenvalue weighted by atomic mass is 35.5. The Labute approximate surface area is 102 Å². The molecule has 0 saturated heterocycles. The molecule has 16 heavy (non-hydrogen) atoms. The molecule has 0 radical (unpaired) electrons. The topological polar surface area (TPSA) is 63.6 Å². The van der Waals surface area contributed by atoms with Crippen molar-refractivity contribution < 1.29 is 19.4 Å². The van der Waals surface area contributed by atoms with Crippen LogP contribution in [-0.2, 0) is 9.53 Å². The first kappa shape index (κ1) is 12.9. The van der Waals surface area contributed by atoms with Gasteiger partial charge in [0, 0.05) is 9.92 Å². The number of aliphatic carboxylic acids is 1. The van der Waals surface area contributed by atoms with Gasteiger partial charge in [0.05, 0.1) is 18.4 Å². The minimum absolute atomic E-state index is 0.119. The molecular weight excluding hydrogens is 252 g/mol. The van der Waals surface area contributed by atoms with E-state index >= 15 is 0 Å². The SMILES string of the molecule is COC(=O)c1cc(Cl)ccc1SCC(=O)O. The Morgan fingerprint density at radius 3 is 2.75 bits per heavy atom. The van der Waals surface area contributed by atoms with Crippen LogP contribution in [-0.4, -0.2) is 29.9 Å². The Bertz CT molecular complexity index is 419. The van der Waals surface area contributed by atoms with Gasteiger partial charge >= 0.3 is 11.9 Å². The summed E-state index contributed by atoms with van der Waals surface area (Å²) in [6.07, 6.45) is 0. The van der Waals surface area contributed by atoms with Crippen LogP contribution >= 0.6 is 23.4 Å². The third-order valence-electron chi connectivity index (χ3n) is 1.70. The molecular formula is C10H9ClO4S. The molecule has 1 N–H and O–H groups in total. The highest BCUT2D eigenvalue weighted by Crippen LogP contribution is 2.26. The van der Waals surface area contributed by atoms with Gasteiger partial charge in [-0.25, -0.2) is 4.79 Å². The van der Waals surface area contributed by atoms with Gasteiger partial charge < -0.3 is 9.84 Å². The minimum atomic E-state index is -0.948. The van der Waals surface area contributed by atoms with Crippen molar-refractivity contribution in [3.05, 3.63) is 28.8 Å². The number of carbonyl (C=O) groups excluding carboxylic acids is 1. The Hall–Kier alpha value is -1.20. The minimum Gasteiger partial charge on any atom is -0.481 e. The molecule has 0 amide bonds. The molecule has 6 heteroatoms. The molecule has 0 aromatic heterocycles. The zero-order valence-electron chi connectivity index (χ0n) is 8.40. The van der Waals surface area contributed by atoms with Crippen molar-refractivity contribution in [2.45, 2.75) is 4.90 Å². The van der Waals surface area contributed by atoms with E-state index < -0.39 is 11.9 Å². The molecule has 0 unspecified atom stereocenters. The first-order valence-corrected chi connectivity index (χ1v) is 5.63. The number of ether oxygens (including phenoxy) is 1. The number of hydrogen-bond acceptors (Lipinski definition) is 4. The van der Waals surface area contributed by atoms with Crippen LogP contribution in [0.1, 0.15) is 10.4 Å². The second-order valence-corrected chi connectivity index (χ2v) is 4.27. The molecule has 0 spiro atoms. The van der Waals surface area contributed by atoms with Crippen LogP contribution in [0, 0.1) is 0 Å². The molecule has 0 aliphatic carbocycles. The van der Waals surface area contributed by atoms with E-state index in [0.717, 1.165) is 11.8 Å². The van der Waals surface area contributed by atoms with Gasteiger partial charge in [0.15, 0.2) is 0 Å². The van der Waals surface area contributed by atoms with Crippen LogP contribution in [0.4, 0.5) is 0 Å². The van der Waals surface area contributed by atoms with Crippen molar-refractivity contribution >= 4 is 35.3 Å². The number of carbonyl (C=O) groups is 2. The Kier molecular flexibility index (Phi) is 4.64. The summed E-state index contributed by atoms with van der Waals surface area (Å²) in [7, 11) is 1.26. The van der Waals surface area contributed by atoms with Crippen LogP contribution in [0.3, 0.4) is 0 Å². The van der Waals surface area contributed by atoms with Crippen LogP contribution in [0.15, 0.2) is 23.1 Å². The first-order chi connectivity index (χ1) is 7.54. The van der Waals surface area contributed by atoms with E-state index in [9.17, 15) is 9.59 Å². The number of methoxy groups -OCH3 is 1. The third kappa shape index (κ3) is 3.43. The normalized spacial score (nSPS) is 9.88. The molecule has 0 fully saturated rings. The maximum absolute atomic E-state index is 11.4. The number of carboxylic acid groups (broad SMARTS) is 1. The van der Waals surface area contributed by atoms with Crippen LogP contribution in [0.5, 0.6) is 0 Å². The standard InChI is InChI=1S/C10H9ClO4S/c1-15-10(14)7-4-6(11)2-3-8(7)16-5-9(12)13/h2-4H,5H2,1H3,(H,12,13). The molecule has 1 aromatic rings. The van der Waals surface area contributed by atoms with E-state index in [1.807, 2.05) is 0 Å². The van der Waals surface area contributed by atoms with Gasteiger partial charge in [0.1, 0.15) is 0 Å². The van der Waals surface area contributed by atoms with E-state index in [4.69, 9.17) is 16.7 Å². The summed E-state index contributed by atoms with van der Waals surface area (Å²) in [5, 5.41) is 8.96. The number of esters is 1. The fourth-order valence-corrected chi connectivity index (χ4v) is 1.95. The first-order valence-electron chi connectivity index (χ1n) is 4.27. The van der Waals surface area contributed by atoms with Crippen molar-refractivity contribution in [2.75, 3.05) is 12.9 Å². The summed E-state index contributed by atoms with van der Waals surface area (Å²) >= 11 is 6.80. The van der Waals surface area contributed by atoms with E-state index in [1.165, 1.54) is 13.2 Å². The molecule has 0 bridgehead atoms. The van der Waals surface area contributed by atoms with Crippen molar-refractivity contribution in [2.24, 2.45) is 0 Å². The fourth-order valence-electron chi connectivity index (χ4n) is 1.04. The Morgan fingerprint density at radius 1 is 1.50 bits per heavy atom. The number of rotatable bonds is 4. The lowest BCUT2D eigenvalue weighted by Gasteiger charge is -2.06. The number of thioether (sulfide) groups is 1. The summed E-state index contributed by atoms with van der Waals surface area (Å²) in [5.74, 6) is -1.60. The smallest absolute Gasteiger partial charge is 0.339 e. The van der Waals surface area contributed by atoms with Crippen molar-refractivity contribution in [1.82, 2.24) is 0 Å². The molecule has 0 atom stereocenters. The zero-order valence-corrected chi connectivity index (χ0v) is 9.97. The molecule has 0 aliphatic rings. The second kappa shape index (κ2) is 5.77. The van der Waals surface area contributed by atoms with Crippen molar-refractivity contribution in [1.29, 1.82) is 0 Å². The summed E-state index contributed by atoms with van der Waals surface area (Å²) in [6, 6.07) is 4.65. The largest absolute Gasteiger partial charge is 0.481 e. The number of halogens is 1. The van der Waals surface area contributed by atoms with Gasteiger partial charge in [-0.15, -0.1) is 11.8 Å². The van der Waals surface area contributed by atoms with Gasteiger partial charge in [0.2, 0.25) is 0 Å². The highest BCUT2D eigenvalue weighted by molar-refractivity contribution is 8.00. The summed E-state index contributed by atoms with van der Waals surface area (Å²) in [5.41, 5.74) is 0.279. The van der Waals surface area contributed by atoms with Crippen molar-refractivity contribution in [3.63, 3.8) is 0 Å². The Morgan fingerprint density at radius 2 is 2.19 bits per heavy atom. The van der Waals surface area contributed by atoms with Gasteiger partial charge in [-0.2, -0.15) is 0 Å². The zero-order chi connectivity index (χ0) is 12.1. The predicted molar refractivity (Wildman–Crippen MR) is 61.2 cm³/mol. The summed E-state index contributed by atoms with van der Waals surface area (Å²) in [4.78, 5) is 22.4. The molecule has 86 valence electrons. The molecule has 0 aliphatic heterocycles. The van der Waals surface area contributed by atoms with E-state index in [0.29, 0.717) is 9.92 Å². The molecule has 4 nitrogen and oxygen atoms in total. The number of hydrogen-bond donors (Lipinski definition) is 1. The van der Waals surface area contributed by atoms with Gasteiger partial charge in [-0.05, 0) is 18.2 Å². The van der Waals surface area contributed by atoms with Crippen LogP contribution in [0.2, 0.25) is 5.02 Å². The Balaban J connectivity index is 2.98. The molecule has 0 saturated carbocycles.